The lowest BCUT2D eigenvalue weighted by atomic mass is 10.2. The van der Waals surface area contributed by atoms with Crippen LogP contribution in [0.25, 0.3) is 0 Å². The number of nitrogens with zero attached hydrogens (tertiary/aromatic N) is 3. The first-order chi connectivity index (χ1) is 9.63. The van der Waals surface area contributed by atoms with E-state index in [9.17, 15) is 0 Å². The Morgan fingerprint density at radius 3 is 2.85 bits per heavy atom. The zero-order valence-corrected chi connectivity index (χ0v) is 14.0. The minimum atomic E-state index is 0.716. The van der Waals surface area contributed by atoms with Gasteiger partial charge in [-0.1, -0.05) is 22.0 Å². The van der Waals surface area contributed by atoms with Gasteiger partial charge in [-0.25, -0.2) is 0 Å². The maximum atomic E-state index is 4.23. The lowest BCUT2D eigenvalue weighted by Gasteiger charge is -2.10. The van der Waals surface area contributed by atoms with Crippen molar-refractivity contribution in [3.05, 3.63) is 34.1 Å². The van der Waals surface area contributed by atoms with E-state index in [-0.39, 0.29) is 0 Å². The maximum Gasteiger partial charge on any atom is 0.195 e. The highest BCUT2D eigenvalue weighted by Gasteiger charge is 2.20. The molecule has 1 aromatic carbocycles. The molecule has 1 aliphatic rings. The molecule has 2 aromatic rings. The molecule has 0 atom stereocenters. The lowest BCUT2D eigenvalue weighted by molar-refractivity contribution is 0.680. The highest BCUT2D eigenvalue weighted by Crippen LogP contribution is 2.32. The van der Waals surface area contributed by atoms with Crippen LogP contribution in [0.5, 0.6) is 0 Å². The van der Waals surface area contributed by atoms with Crippen LogP contribution in [0.3, 0.4) is 0 Å². The number of rotatable bonds is 5. The largest absolute Gasteiger partial charge is 0.310 e. The summed E-state index contributed by atoms with van der Waals surface area (Å²) in [6, 6.07) is 7.13. The highest BCUT2D eigenvalue weighted by molar-refractivity contribution is 9.10. The molecule has 0 spiro atoms. The summed E-state index contributed by atoms with van der Waals surface area (Å²) in [6.45, 7) is 2.88. The smallest absolute Gasteiger partial charge is 0.195 e. The van der Waals surface area contributed by atoms with Gasteiger partial charge in [-0.3, -0.25) is 0 Å². The second-order valence-electron chi connectivity index (χ2n) is 5.10. The molecular weight excluding hydrogens is 336 g/mol. The normalized spacial score (nSPS) is 14.8. The van der Waals surface area contributed by atoms with Crippen LogP contribution in [-0.2, 0) is 13.6 Å². The Hall–Kier alpha value is -0.850. The third-order valence-electron chi connectivity index (χ3n) is 3.44. The van der Waals surface area contributed by atoms with Crippen molar-refractivity contribution in [1.29, 1.82) is 0 Å². The molecule has 4 nitrogen and oxygen atoms in total. The zero-order chi connectivity index (χ0) is 14.1. The van der Waals surface area contributed by atoms with E-state index >= 15 is 0 Å². The van der Waals surface area contributed by atoms with Crippen LogP contribution in [0.15, 0.2) is 32.7 Å². The summed E-state index contributed by atoms with van der Waals surface area (Å²) in [4.78, 5) is 1.23. The summed E-state index contributed by atoms with van der Waals surface area (Å²) in [7, 11) is 2.00. The standard InChI is InChI=1S/C14H17BrN4S/c1-9-17-18-14(19(9)2)20-13-7-11(15)4-3-10(13)8-16-12-5-6-12/h3-4,7,12,16H,5-6,8H2,1-2H3. The molecule has 0 radical (unpaired) electrons. The first-order valence-electron chi connectivity index (χ1n) is 6.69. The maximum absolute atomic E-state index is 4.23. The van der Waals surface area contributed by atoms with Gasteiger partial charge in [-0.15, -0.1) is 10.2 Å². The second-order valence-corrected chi connectivity index (χ2v) is 7.02. The molecule has 1 fully saturated rings. The third kappa shape index (κ3) is 3.24. The van der Waals surface area contributed by atoms with Gasteiger partial charge in [0.1, 0.15) is 5.82 Å². The number of benzene rings is 1. The van der Waals surface area contributed by atoms with Crippen molar-refractivity contribution in [2.45, 2.75) is 42.4 Å². The number of aromatic nitrogens is 3. The zero-order valence-electron chi connectivity index (χ0n) is 11.6. The van der Waals surface area contributed by atoms with E-state index in [2.05, 4.69) is 49.6 Å². The van der Waals surface area contributed by atoms with Gasteiger partial charge in [0.15, 0.2) is 5.16 Å². The molecule has 0 amide bonds. The van der Waals surface area contributed by atoms with Crippen molar-refractivity contribution in [2.75, 3.05) is 0 Å². The van der Waals surface area contributed by atoms with Crippen LogP contribution in [0.2, 0.25) is 0 Å². The molecule has 0 unspecified atom stereocenters. The third-order valence-corrected chi connectivity index (χ3v) is 5.07. The number of hydrogen-bond acceptors (Lipinski definition) is 4. The Morgan fingerprint density at radius 2 is 2.20 bits per heavy atom. The summed E-state index contributed by atoms with van der Waals surface area (Å²) in [5.74, 6) is 0.931. The SMILES string of the molecule is Cc1nnc(Sc2cc(Br)ccc2CNC2CC2)n1C. The van der Waals surface area contributed by atoms with Gasteiger partial charge in [-0.05, 0) is 49.2 Å². The molecular formula is C14H17BrN4S. The molecule has 3 rings (SSSR count). The van der Waals surface area contributed by atoms with E-state index in [1.54, 1.807) is 11.8 Å². The Bertz CT molecular complexity index is 622. The minimum absolute atomic E-state index is 0.716. The second kappa shape index (κ2) is 5.87. The average Bonchev–Trinajstić information content (AvgIpc) is 3.20. The number of hydrogen-bond donors (Lipinski definition) is 1. The van der Waals surface area contributed by atoms with Gasteiger partial charge in [-0.2, -0.15) is 0 Å². The Labute approximate surface area is 131 Å². The summed E-state index contributed by atoms with van der Waals surface area (Å²) in [6.07, 6.45) is 2.61. The van der Waals surface area contributed by atoms with Crippen molar-refractivity contribution in [1.82, 2.24) is 20.1 Å². The van der Waals surface area contributed by atoms with Crippen molar-refractivity contribution in [3.63, 3.8) is 0 Å². The van der Waals surface area contributed by atoms with Gasteiger partial charge in [0.2, 0.25) is 0 Å². The number of halogens is 1. The van der Waals surface area contributed by atoms with Crippen molar-refractivity contribution >= 4 is 27.7 Å². The highest BCUT2D eigenvalue weighted by atomic mass is 79.9. The fourth-order valence-corrected chi connectivity index (χ4v) is 3.40. The summed E-state index contributed by atoms with van der Waals surface area (Å²) >= 11 is 5.22. The first-order valence-corrected chi connectivity index (χ1v) is 8.30. The van der Waals surface area contributed by atoms with E-state index in [0.717, 1.165) is 22.0 Å². The van der Waals surface area contributed by atoms with Crippen molar-refractivity contribution < 1.29 is 0 Å². The number of nitrogens with one attached hydrogen (secondary N) is 1. The molecule has 20 heavy (non-hydrogen) atoms. The van der Waals surface area contributed by atoms with Crippen LogP contribution < -0.4 is 5.32 Å². The molecule has 106 valence electrons. The fraction of sp³-hybridized carbons (Fsp3) is 0.429. The Balaban J connectivity index is 1.82. The van der Waals surface area contributed by atoms with Gasteiger partial charge in [0.05, 0.1) is 0 Å². The van der Waals surface area contributed by atoms with Gasteiger partial charge < -0.3 is 9.88 Å². The van der Waals surface area contributed by atoms with Gasteiger partial charge >= 0.3 is 0 Å². The van der Waals surface area contributed by atoms with Crippen molar-refractivity contribution in [3.8, 4) is 0 Å². The minimum Gasteiger partial charge on any atom is -0.310 e. The van der Waals surface area contributed by atoms with E-state index < -0.39 is 0 Å². The molecule has 1 N–H and O–H groups in total. The van der Waals surface area contributed by atoms with Crippen molar-refractivity contribution in [2.24, 2.45) is 7.05 Å². The Kier molecular flexibility index (Phi) is 4.14. The number of aryl methyl sites for hydroxylation is 1. The Morgan fingerprint density at radius 1 is 1.40 bits per heavy atom. The van der Waals surface area contributed by atoms with Crippen LogP contribution in [0.1, 0.15) is 24.2 Å². The molecule has 0 saturated heterocycles. The topological polar surface area (TPSA) is 42.7 Å². The monoisotopic (exact) mass is 352 g/mol. The summed E-state index contributed by atoms with van der Waals surface area (Å²) < 4.78 is 3.11. The molecule has 0 aliphatic heterocycles. The molecule has 1 aromatic heterocycles. The van der Waals surface area contributed by atoms with Gasteiger partial charge in [0.25, 0.3) is 0 Å². The average molecular weight is 353 g/mol. The molecule has 0 bridgehead atoms. The van der Waals surface area contributed by atoms with Gasteiger partial charge in [0, 0.05) is 29.0 Å². The first kappa shape index (κ1) is 14.1. The predicted octanol–water partition coefficient (Wildman–Crippen LogP) is 3.29. The van der Waals surface area contributed by atoms with Crippen LogP contribution in [0.4, 0.5) is 0 Å². The molecule has 1 aliphatic carbocycles. The quantitative estimate of drug-likeness (QED) is 0.896. The lowest BCUT2D eigenvalue weighted by Crippen LogP contribution is -2.15. The van der Waals surface area contributed by atoms with E-state index in [4.69, 9.17) is 0 Å². The van der Waals surface area contributed by atoms with Crippen LogP contribution in [0, 0.1) is 6.92 Å². The van der Waals surface area contributed by atoms with E-state index in [1.165, 1.54) is 23.3 Å². The van der Waals surface area contributed by atoms with Crippen LogP contribution >= 0.6 is 27.7 Å². The summed E-state index contributed by atoms with van der Waals surface area (Å²) in [5.41, 5.74) is 1.31. The summed E-state index contributed by atoms with van der Waals surface area (Å²) in [5, 5.41) is 12.8. The van der Waals surface area contributed by atoms with E-state index in [0.29, 0.717) is 6.04 Å². The molecule has 6 heteroatoms. The van der Waals surface area contributed by atoms with Crippen LogP contribution in [-0.4, -0.2) is 20.8 Å². The predicted molar refractivity (Wildman–Crippen MR) is 83.9 cm³/mol. The molecule has 1 heterocycles. The fourth-order valence-electron chi connectivity index (χ4n) is 1.89. The van der Waals surface area contributed by atoms with E-state index in [1.807, 2.05) is 18.5 Å². The molecule has 1 saturated carbocycles.